The molecule has 1 amide bonds. The zero-order valence-electron chi connectivity index (χ0n) is 24.8. The zero-order chi connectivity index (χ0) is 29.9. The van der Waals surface area contributed by atoms with Gasteiger partial charge in [0.15, 0.2) is 5.60 Å². The van der Waals surface area contributed by atoms with Gasteiger partial charge in [0.2, 0.25) is 17.6 Å². The number of likely N-dealkylation sites (tertiary alicyclic amines) is 1. The van der Waals surface area contributed by atoms with Crippen LogP contribution in [0, 0.1) is 5.41 Å². The molecule has 0 atom stereocenters. The van der Waals surface area contributed by atoms with Crippen molar-refractivity contribution in [3.63, 3.8) is 0 Å². The summed E-state index contributed by atoms with van der Waals surface area (Å²) in [5, 5.41) is 18.5. The monoisotopic (exact) mass is 585 g/mol. The number of carbonyl (C=O) groups is 1. The predicted molar refractivity (Wildman–Crippen MR) is 165 cm³/mol. The number of benzene rings is 1. The van der Waals surface area contributed by atoms with Crippen LogP contribution < -0.4 is 20.9 Å². The molecule has 11 heteroatoms. The van der Waals surface area contributed by atoms with E-state index in [1.807, 2.05) is 18.2 Å². The summed E-state index contributed by atoms with van der Waals surface area (Å²) in [6.07, 6.45) is 8.26. The van der Waals surface area contributed by atoms with Gasteiger partial charge in [-0.25, -0.2) is 10.3 Å². The number of quaternary nitrogens is 1. The van der Waals surface area contributed by atoms with Crippen molar-refractivity contribution < 1.29 is 20.0 Å². The van der Waals surface area contributed by atoms with E-state index in [4.69, 9.17) is 4.74 Å². The molecule has 226 valence electrons. The lowest BCUT2D eigenvalue weighted by atomic mass is 9.71. The van der Waals surface area contributed by atoms with Crippen molar-refractivity contribution in [2.24, 2.45) is 5.41 Å². The van der Waals surface area contributed by atoms with Crippen LogP contribution in [0.1, 0.15) is 41.7 Å². The van der Waals surface area contributed by atoms with Gasteiger partial charge >= 0.3 is 0 Å². The van der Waals surface area contributed by atoms with Crippen molar-refractivity contribution in [2.75, 3.05) is 63.2 Å². The molecule has 0 unspecified atom stereocenters. The average Bonchev–Trinajstić information content (AvgIpc) is 3.01. The lowest BCUT2D eigenvalue weighted by Crippen LogP contribution is -2.73. The highest BCUT2D eigenvalue weighted by Gasteiger charge is 2.40. The Morgan fingerprint density at radius 1 is 1.07 bits per heavy atom. The third kappa shape index (κ3) is 6.54. The number of aliphatic hydroxyl groups is 1. The maximum Gasteiger partial charge on any atom is 0.261 e. The van der Waals surface area contributed by atoms with Crippen LogP contribution in [0.3, 0.4) is 0 Å². The standard InChI is InChI=1S/C32H40N8O3/c1-3-15-33-29(41)25-20-34-30(38-28(25)37-27-6-4-5-26(36-27)32(42)21-43-22-32)35-23-7-9-24(10-8-23)40-18-13-31(14-19-40)11-16-39(2)17-12-31/h3-10,20,42H,1,11-19,21-22H2,2H3,(H,33,41)(H2,34,35,36,37,38)/p+1. The fourth-order valence-corrected chi connectivity index (χ4v) is 6.09. The molecule has 3 fully saturated rings. The summed E-state index contributed by atoms with van der Waals surface area (Å²) in [6.45, 7) is 9.00. The average molecular weight is 586 g/mol. The fourth-order valence-electron chi connectivity index (χ4n) is 6.09. The largest absolute Gasteiger partial charge is 0.379 e. The summed E-state index contributed by atoms with van der Waals surface area (Å²) in [5.41, 5.74) is 2.34. The van der Waals surface area contributed by atoms with Crippen molar-refractivity contribution in [1.82, 2.24) is 25.2 Å². The number of anilines is 3. The summed E-state index contributed by atoms with van der Waals surface area (Å²) in [5.74, 6) is 1.03. The van der Waals surface area contributed by atoms with E-state index >= 15 is 0 Å². The van der Waals surface area contributed by atoms with Gasteiger partial charge in [-0.1, -0.05) is 12.1 Å². The molecule has 0 bridgehead atoms. The number of hydrogen-bond acceptors (Lipinski definition) is 9. The van der Waals surface area contributed by atoms with Gasteiger partial charge in [0, 0.05) is 37.1 Å². The quantitative estimate of drug-likeness (QED) is 0.280. The van der Waals surface area contributed by atoms with Crippen LogP contribution in [0.5, 0.6) is 0 Å². The number of hydrogen-bond donors (Lipinski definition) is 4. The molecule has 3 aromatic rings. The van der Waals surface area contributed by atoms with Crippen LogP contribution >= 0.6 is 0 Å². The van der Waals surface area contributed by atoms with Gasteiger partial charge in [0.25, 0.3) is 5.91 Å². The first-order valence-corrected chi connectivity index (χ1v) is 15.0. The number of pyridine rings is 1. The predicted octanol–water partition coefficient (Wildman–Crippen LogP) is 2.59. The normalized spacial score (nSPS) is 19.4. The maximum absolute atomic E-state index is 12.9. The molecule has 3 aliphatic heterocycles. The van der Waals surface area contributed by atoms with Crippen molar-refractivity contribution >= 4 is 34.9 Å². The Labute approximate surface area is 252 Å². The first kappa shape index (κ1) is 29.2. The van der Waals surface area contributed by atoms with E-state index in [0.29, 0.717) is 40.8 Å². The SMILES string of the molecule is C=CCNC(=O)c1cnc(Nc2ccc(N3CCC4(CCN(C)CC4)CC3)cc2)nc1[NH2+]c1cccc(C2(O)COC2)n1. The van der Waals surface area contributed by atoms with Crippen molar-refractivity contribution in [3.05, 3.63) is 72.6 Å². The number of carbonyl (C=O) groups excluding carboxylic acids is 1. The van der Waals surface area contributed by atoms with E-state index in [2.05, 4.69) is 61.1 Å². The van der Waals surface area contributed by atoms with E-state index in [9.17, 15) is 9.90 Å². The number of amides is 1. The molecule has 43 heavy (non-hydrogen) atoms. The first-order valence-electron chi connectivity index (χ1n) is 15.0. The topological polar surface area (TPSA) is 132 Å². The lowest BCUT2D eigenvalue weighted by Gasteiger charge is -2.46. The molecule has 1 aromatic carbocycles. The van der Waals surface area contributed by atoms with Crippen LogP contribution in [-0.2, 0) is 10.3 Å². The van der Waals surface area contributed by atoms with Gasteiger partial charge in [-0.05, 0) is 81.6 Å². The highest BCUT2D eigenvalue weighted by atomic mass is 16.5. The third-order valence-electron chi connectivity index (χ3n) is 9.04. The van der Waals surface area contributed by atoms with Gasteiger partial charge in [0.05, 0.1) is 25.1 Å². The van der Waals surface area contributed by atoms with E-state index in [1.165, 1.54) is 50.7 Å². The van der Waals surface area contributed by atoms with Gasteiger partial charge in [0.1, 0.15) is 5.56 Å². The Morgan fingerprint density at radius 3 is 2.47 bits per heavy atom. The van der Waals surface area contributed by atoms with Crippen molar-refractivity contribution in [2.45, 2.75) is 31.3 Å². The molecule has 0 aliphatic carbocycles. The Kier molecular flexibility index (Phi) is 8.40. The Bertz CT molecular complexity index is 1440. The Balaban J connectivity index is 1.15. The summed E-state index contributed by atoms with van der Waals surface area (Å²) in [4.78, 5) is 31.6. The number of rotatable bonds is 9. The number of nitrogens with two attached hydrogens (primary N) is 1. The number of ether oxygens (including phenoxy) is 1. The molecule has 1 spiro atoms. The van der Waals surface area contributed by atoms with E-state index in [-0.39, 0.29) is 19.1 Å². The molecule has 3 saturated heterocycles. The Hall–Kier alpha value is -3.90. The van der Waals surface area contributed by atoms with E-state index in [0.717, 1.165) is 18.8 Å². The van der Waals surface area contributed by atoms with Crippen LogP contribution in [0.2, 0.25) is 0 Å². The van der Waals surface area contributed by atoms with Crippen molar-refractivity contribution in [3.8, 4) is 0 Å². The number of nitrogens with one attached hydrogen (secondary N) is 2. The molecule has 11 nitrogen and oxygen atoms in total. The fraction of sp³-hybridized carbons (Fsp3) is 0.438. The first-order chi connectivity index (χ1) is 20.8. The highest BCUT2D eigenvalue weighted by Crippen LogP contribution is 2.42. The number of nitrogens with zero attached hydrogens (tertiary/aromatic N) is 5. The molecule has 5 heterocycles. The summed E-state index contributed by atoms with van der Waals surface area (Å²) in [6, 6.07) is 13.8. The molecule has 2 aromatic heterocycles. The van der Waals surface area contributed by atoms with Crippen LogP contribution in [0.4, 0.5) is 29.0 Å². The van der Waals surface area contributed by atoms with Crippen molar-refractivity contribution in [1.29, 1.82) is 0 Å². The molecular weight excluding hydrogens is 544 g/mol. The molecule has 3 aliphatic rings. The van der Waals surface area contributed by atoms with Gasteiger partial charge in [-0.2, -0.15) is 9.97 Å². The van der Waals surface area contributed by atoms with Gasteiger partial charge in [-0.3, -0.25) is 4.79 Å². The smallest absolute Gasteiger partial charge is 0.261 e. The van der Waals surface area contributed by atoms with Gasteiger partial charge in [-0.15, -0.1) is 6.58 Å². The molecule has 0 radical (unpaired) electrons. The minimum Gasteiger partial charge on any atom is -0.379 e. The lowest BCUT2D eigenvalue weighted by molar-refractivity contribution is -0.487. The van der Waals surface area contributed by atoms with Crippen LogP contribution in [-0.4, -0.2) is 83.9 Å². The van der Waals surface area contributed by atoms with Crippen LogP contribution in [0.25, 0.3) is 0 Å². The zero-order valence-corrected chi connectivity index (χ0v) is 24.8. The molecule has 6 rings (SSSR count). The number of piperidine rings is 2. The third-order valence-corrected chi connectivity index (χ3v) is 9.04. The maximum atomic E-state index is 12.9. The molecule has 0 saturated carbocycles. The second kappa shape index (κ2) is 12.4. The van der Waals surface area contributed by atoms with E-state index in [1.54, 1.807) is 23.5 Å². The number of aromatic nitrogens is 3. The summed E-state index contributed by atoms with van der Waals surface area (Å²) < 4.78 is 5.19. The Morgan fingerprint density at radius 2 is 1.79 bits per heavy atom. The second-order valence-electron chi connectivity index (χ2n) is 12.1. The van der Waals surface area contributed by atoms with Gasteiger partial charge < -0.3 is 30.3 Å². The minimum absolute atomic E-state index is 0.204. The molecule has 5 N–H and O–H groups in total. The highest BCUT2D eigenvalue weighted by molar-refractivity contribution is 5.97. The summed E-state index contributed by atoms with van der Waals surface area (Å²) in [7, 11) is 2.23. The minimum atomic E-state index is -1.10. The summed E-state index contributed by atoms with van der Waals surface area (Å²) >= 11 is 0. The second-order valence-corrected chi connectivity index (χ2v) is 12.1. The van der Waals surface area contributed by atoms with E-state index < -0.39 is 5.60 Å². The van der Waals surface area contributed by atoms with Crippen LogP contribution in [0.15, 0.2) is 61.3 Å². The molecular formula is C32H41N8O3+.